The summed E-state index contributed by atoms with van der Waals surface area (Å²) in [5.41, 5.74) is -1.28. The van der Waals surface area contributed by atoms with Crippen molar-refractivity contribution in [1.29, 1.82) is 0 Å². The van der Waals surface area contributed by atoms with Crippen LogP contribution < -0.4 is 5.32 Å². The zero-order chi connectivity index (χ0) is 32.1. The van der Waals surface area contributed by atoms with E-state index >= 15 is 0 Å². The van der Waals surface area contributed by atoms with Gasteiger partial charge in [0.15, 0.2) is 0 Å². The van der Waals surface area contributed by atoms with Crippen LogP contribution in [0.1, 0.15) is 67.2 Å². The Morgan fingerprint density at radius 2 is 1.67 bits per heavy atom. The first-order valence-electron chi connectivity index (χ1n) is 14.4. The highest BCUT2D eigenvalue weighted by atomic mass is 32.3. The molecular weight excluding hydrogens is 592 g/mol. The number of amides is 4. The summed E-state index contributed by atoms with van der Waals surface area (Å²) in [4.78, 5) is 65.0. The van der Waals surface area contributed by atoms with Crippen LogP contribution >= 0.6 is 0 Å². The van der Waals surface area contributed by atoms with Crippen LogP contribution in [0, 0.1) is 11.3 Å². The molecule has 0 spiro atoms. The van der Waals surface area contributed by atoms with E-state index in [9.17, 15) is 32.4 Å². The maximum Gasteiger partial charge on any atom is 0.421 e. The van der Waals surface area contributed by atoms with Crippen LogP contribution in [0.3, 0.4) is 0 Å². The summed E-state index contributed by atoms with van der Waals surface area (Å²) >= 11 is 0. The molecule has 3 rings (SSSR count). The topological polar surface area (TPSA) is 187 Å². The number of urea groups is 1. The van der Waals surface area contributed by atoms with E-state index < -0.39 is 64.9 Å². The molecule has 3 fully saturated rings. The number of piperidine rings is 2. The average Bonchev–Trinajstić information content (AvgIpc) is 3.16. The molecule has 0 aliphatic carbocycles. The van der Waals surface area contributed by atoms with Gasteiger partial charge < -0.3 is 29.3 Å². The Morgan fingerprint density at radius 3 is 2.28 bits per heavy atom. The molecule has 43 heavy (non-hydrogen) atoms. The second kappa shape index (κ2) is 14.1. The number of ether oxygens (including phenoxy) is 3. The van der Waals surface area contributed by atoms with E-state index in [1.54, 1.807) is 20.8 Å². The summed E-state index contributed by atoms with van der Waals surface area (Å²) in [7, 11) is -4.71. The van der Waals surface area contributed by atoms with Gasteiger partial charge in [-0.1, -0.05) is 13.8 Å². The lowest BCUT2D eigenvalue weighted by Crippen LogP contribution is -2.54. The molecule has 0 aromatic carbocycles. The van der Waals surface area contributed by atoms with Gasteiger partial charge in [0, 0.05) is 32.6 Å². The lowest BCUT2D eigenvalue weighted by atomic mass is 9.95. The molecule has 0 aromatic heterocycles. The van der Waals surface area contributed by atoms with Crippen molar-refractivity contribution in [3.8, 4) is 0 Å². The zero-order valence-electron chi connectivity index (χ0n) is 25.4. The fraction of sp³-hybridized carbons (Fsp3) is 0.808. The molecule has 2 unspecified atom stereocenters. The van der Waals surface area contributed by atoms with E-state index in [-0.39, 0.29) is 37.4 Å². The number of fused-ring (bicyclic) bond motifs is 2. The average molecular weight is 635 g/mol. The van der Waals surface area contributed by atoms with E-state index in [2.05, 4.69) is 5.32 Å². The lowest BCUT2D eigenvalue weighted by Gasteiger charge is -2.34. The van der Waals surface area contributed by atoms with Crippen LogP contribution in [-0.2, 0) is 47.5 Å². The fourth-order valence-electron chi connectivity index (χ4n) is 4.77. The van der Waals surface area contributed by atoms with Crippen LogP contribution in [-0.4, -0.2) is 111 Å². The van der Waals surface area contributed by atoms with Crippen molar-refractivity contribution < 1.29 is 55.1 Å². The van der Waals surface area contributed by atoms with Gasteiger partial charge in [-0.2, -0.15) is 13.5 Å². The molecule has 16 nitrogen and oxygen atoms in total. The summed E-state index contributed by atoms with van der Waals surface area (Å²) in [6, 6.07) is -2.48. The first kappa shape index (κ1) is 34.3. The van der Waals surface area contributed by atoms with Crippen LogP contribution in [0.4, 0.5) is 9.59 Å². The quantitative estimate of drug-likeness (QED) is 0.240. The number of nitrogens with zero attached hydrogens (tertiary/aromatic N) is 3. The summed E-state index contributed by atoms with van der Waals surface area (Å²) in [6.07, 6.45) is -0.174. The van der Waals surface area contributed by atoms with Crippen molar-refractivity contribution in [3.05, 3.63) is 0 Å². The van der Waals surface area contributed by atoms with Gasteiger partial charge in [-0.05, 0) is 46.5 Å². The minimum absolute atomic E-state index is 0.0879. The highest BCUT2D eigenvalue weighted by Gasteiger charge is 2.50. The van der Waals surface area contributed by atoms with E-state index in [1.165, 1.54) is 30.6 Å². The van der Waals surface area contributed by atoms with Crippen molar-refractivity contribution in [3.63, 3.8) is 0 Å². The van der Waals surface area contributed by atoms with Gasteiger partial charge in [-0.3, -0.25) is 14.4 Å². The molecule has 0 radical (unpaired) electrons. The molecule has 1 N–H and O–H groups in total. The molecule has 0 aromatic rings. The smallest absolute Gasteiger partial charge is 0.421 e. The second-order valence-electron chi connectivity index (χ2n) is 11.7. The van der Waals surface area contributed by atoms with Crippen molar-refractivity contribution in [2.45, 2.75) is 91.6 Å². The highest BCUT2D eigenvalue weighted by molar-refractivity contribution is 7.81. The van der Waals surface area contributed by atoms with E-state index in [0.717, 1.165) is 0 Å². The van der Waals surface area contributed by atoms with Crippen LogP contribution in [0.5, 0.6) is 0 Å². The predicted molar refractivity (Wildman–Crippen MR) is 147 cm³/mol. The number of carbonyl (C=O) groups is 5. The fourth-order valence-corrected chi connectivity index (χ4v) is 5.64. The van der Waals surface area contributed by atoms with Crippen molar-refractivity contribution >= 4 is 40.4 Å². The summed E-state index contributed by atoms with van der Waals surface area (Å²) in [5, 5.41) is 3.62. The monoisotopic (exact) mass is 634 g/mol. The Labute approximate surface area is 251 Å². The molecule has 17 heteroatoms. The van der Waals surface area contributed by atoms with E-state index in [1.807, 2.05) is 0 Å². The molecule has 3 aliphatic rings. The van der Waals surface area contributed by atoms with Crippen molar-refractivity contribution in [2.24, 2.45) is 11.3 Å². The molecule has 3 atom stereocenters. The normalized spacial score (nSPS) is 21.9. The van der Waals surface area contributed by atoms with Gasteiger partial charge in [-0.25, -0.2) is 13.8 Å². The predicted octanol–water partition coefficient (Wildman–Crippen LogP) is 1.30. The van der Waals surface area contributed by atoms with Gasteiger partial charge in [-0.15, -0.1) is 4.28 Å². The Morgan fingerprint density at radius 1 is 1.02 bits per heavy atom. The third-order valence-electron chi connectivity index (χ3n) is 7.31. The summed E-state index contributed by atoms with van der Waals surface area (Å²) < 4.78 is 50.0. The molecule has 2 bridgehead atoms. The standard InChI is InChI=1S/C26H42N4O12S/c1-7-38-23(33)26(5,6)15-39-43(36,37)42-30-19-8-9-20(29(14-19)24(30)34)21(31)27-18-10-12-28(13-11-18)25(35)41-17(4)40-22(32)16(2)3/h16-20H,7-15H2,1-6H3,(H,27,31)/t17?,19?,20-/m0/s1. The highest BCUT2D eigenvalue weighted by Crippen LogP contribution is 2.32. The maximum absolute atomic E-state index is 13.1. The number of hydroxylamine groups is 2. The maximum atomic E-state index is 13.1. The Bertz CT molecular complexity index is 1170. The Kier molecular flexibility index (Phi) is 11.2. The van der Waals surface area contributed by atoms with Gasteiger partial charge in [0.25, 0.3) is 0 Å². The number of rotatable bonds is 12. The van der Waals surface area contributed by atoms with Crippen molar-refractivity contribution in [1.82, 2.24) is 20.2 Å². The molecule has 3 aliphatic heterocycles. The number of hydrogen-bond donors (Lipinski definition) is 1. The van der Waals surface area contributed by atoms with Gasteiger partial charge in [0.05, 0.1) is 30.6 Å². The van der Waals surface area contributed by atoms with Crippen LogP contribution in [0.2, 0.25) is 0 Å². The van der Waals surface area contributed by atoms with Gasteiger partial charge in [0.2, 0.25) is 12.2 Å². The number of likely N-dealkylation sites (tertiary alicyclic amines) is 1. The summed E-state index contributed by atoms with van der Waals surface area (Å²) in [5.74, 6) is -1.88. The molecule has 244 valence electrons. The van der Waals surface area contributed by atoms with Crippen LogP contribution in [0.25, 0.3) is 0 Å². The van der Waals surface area contributed by atoms with Crippen molar-refractivity contribution in [2.75, 3.05) is 32.8 Å². The molecule has 3 saturated heterocycles. The first-order chi connectivity index (χ1) is 20.0. The Balaban J connectivity index is 1.47. The summed E-state index contributed by atoms with van der Waals surface area (Å²) in [6.45, 7) is 9.57. The number of carbonyl (C=O) groups excluding carboxylic acids is 5. The third kappa shape index (κ3) is 8.92. The first-order valence-corrected chi connectivity index (χ1v) is 15.7. The Hall–Kier alpha value is -3.18. The molecule has 3 heterocycles. The molecule has 4 amide bonds. The SMILES string of the molecule is CCOC(=O)C(C)(C)COS(=O)(=O)ON1C(=O)N2CC1CC[C@H]2C(=O)NC1CCN(C(=O)OC(C)OC(=O)C(C)C)CC1. The largest absolute Gasteiger partial charge is 0.466 e. The number of hydrogen-bond acceptors (Lipinski definition) is 12. The minimum Gasteiger partial charge on any atom is -0.466 e. The molecule has 0 saturated carbocycles. The van der Waals surface area contributed by atoms with Gasteiger partial charge in [0.1, 0.15) is 6.04 Å². The number of nitrogens with one attached hydrogen (secondary N) is 1. The third-order valence-corrected chi connectivity index (χ3v) is 8.06. The van der Waals surface area contributed by atoms with E-state index in [4.69, 9.17) is 22.7 Å². The second-order valence-corrected chi connectivity index (χ2v) is 12.9. The van der Waals surface area contributed by atoms with E-state index in [0.29, 0.717) is 37.4 Å². The van der Waals surface area contributed by atoms with Crippen LogP contribution in [0.15, 0.2) is 0 Å². The van der Waals surface area contributed by atoms with Gasteiger partial charge >= 0.3 is 34.5 Å². The number of esters is 2. The minimum atomic E-state index is -4.71. The lowest BCUT2D eigenvalue weighted by molar-refractivity contribution is -0.170. The zero-order valence-corrected chi connectivity index (χ0v) is 26.2. The molecular formula is C26H42N4O12S.